The number of rotatable bonds is 6. The highest BCUT2D eigenvalue weighted by molar-refractivity contribution is 5.33. The predicted octanol–water partition coefficient (Wildman–Crippen LogP) is 6.23. The topological polar surface area (TPSA) is 18.5 Å². The summed E-state index contributed by atoms with van der Waals surface area (Å²) in [4.78, 5) is 0. The van der Waals surface area contributed by atoms with Crippen molar-refractivity contribution in [1.29, 1.82) is 0 Å². The van der Waals surface area contributed by atoms with E-state index in [1.165, 1.54) is 38.5 Å². The number of ether oxygens (including phenoxy) is 2. The second kappa shape index (κ2) is 9.16. The Kier molecular flexibility index (Phi) is 6.91. The van der Waals surface area contributed by atoms with Gasteiger partial charge in [-0.2, -0.15) is 4.39 Å². The van der Waals surface area contributed by atoms with Gasteiger partial charge in [-0.15, -0.1) is 0 Å². The van der Waals surface area contributed by atoms with Crippen LogP contribution in [0.4, 0.5) is 8.78 Å². The molecule has 2 unspecified atom stereocenters. The first-order valence-corrected chi connectivity index (χ1v) is 10.4. The van der Waals surface area contributed by atoms with Crippen LogP contribution in [0, 0.1) is 23.5 Å². The summed E-state index contributed by atoms with van der Waals surface area (Å²) in [6.07, 6.45) is 9.89. The van der Waals surface area contributed by atoms with Gasteiger partial charge >= 0.3 is 0 Å². The molecule has 1 saturated carbocycles. The highest BCUT2D eigenvalue weighted by atomic mass is 19.2. The van der Waals surface area contributed by atoms with Crippen molar-refractivity contribution in [3.63, 3.8) is 0 Å². The Labute approximate surface area is 156 Å². The molecule has 1 saturated heterocycles. The van der Waals surface area contributed by atoms with E-state index in [9.17, 15) is 8.78 Å². The highest BCUT2D eigenvalue weighted by Gasteiger charge is 2.33. The summed E-state index contributed by atoms with van der Waals surface area (Å²) < 4.78 is 39.8. The van der Waals surface area contributed by atoms with Crippen LogP contribution in [0.25, 0.3) is 0 Å². The van der Waals surface area contributed by atoms with E-state index in [2.05, 4.69) is 6.92 Å². The molecule has 26 heavy (non-hydrogen) atoms. The Morgan fingerprint density at radius 3 is 2.38 bits per heavy atom. The van der Waals surface area contributed by atoms with E-state index in [1.54, 1.807) is 19.1 Å². The first-order chi connectivity index (χ1) is 12.6. The molecule has 1 aliphatic carbocycles. The van der Waals surface area contributed by atoms with Gasteiger partial charge in [-0.25, -0.2) is 4.39 Å². The lowest BCUT2D eigenvalue weighted by molar-refractivity contribution is -0.0440. The molecule has 0 N–H and O–H groups in total. The molecule has 2 nitrogen and oxygen atoms in total. The van der Waals surface area contributed by atoms with E-state index in [-0.39, 0.29) is 11.7 Å². The van der Waals surface area contributed by atoms with E-state index in [1.807, 2.05) is 0 Å². The third-order valence-corrected chi connectivity index (χ3v) is 6.24. The van der Waals surface area contributed by atoms with Crippen molar-refractivity contribution in [2.24, 2.45) is 11.8 Å². The van der Waals surface area contributed by atoms with Crippen molar-refractivity contribution in [2.45, 2.75) is 77.2 Å². The number of halogens is 2. The van der Waals surface area contributed by atoms with Gasteiger partial charge in [-0.05, 0) is 56.1 Å². The molecule has 1 aromatic carbocycles. The standard InChI is InChI=1S/C22H32F2O2/c1-3-5-15-6-8-16(9-7-15)19-12-10-17(14-26-19)18-11-13-20(25-4-2)22(24)21(18)23/h11,13,15-17,19H,3-10,12,14H2,1-2H3/t15-,16-,17?,19?. The average Bonchev–Trinajstić information content (AvgIpc) is 2.67. The van der Waals surface area contributed by atoms with Crippen molar-refractivity contribution in [3.05, 3.63) is 29.3 Å². The molecule has 3 rings (SSSR count). The number of benzene rings is 1. The normalized spacial score (nSPS) is 29.5. The molecule has 0 bridgehead atoms. The van der Waals surface area contributed by atoms with Gasteiger partial charge in [0, 0.05) is 5.92 Å². The monoisotopic (exact) mass is 366 g/mol. The minimum atomic E-state index is -0.874. The fourth-order valence-electron chi connectivity index (χ4n) is 4.77. The van der Waals surface area contributed by atoms with Crippen LogP contribution in [0.15, 0.2) is 12.1 Å². The molecule has 0 radical (unpaired) electrons. The molecular weight excluding hydrogens is 334 g/mol. The maximum Gasteiger partial charge on any atom is 0.200 e. The number of hydrogen-bond donors (Lipinski definition) is 0. The second-order valence-electron chi connectivity index (χ2n) is 7.93. The van der Waals surface area contributed by atoms with Gasteiger partial charge in [0.05, 0.1) is 19.3 Å². The summed E-state index contributed by atoms with van der Waals surface area (Å²) in [5, 5.41) is 0. The fraction of sp³-hybridized carbons (Fsp3) is 0.727. The Morgan fingerprint density at radius 1 is 1.00 bits per heavy atom. The van der Waals surface area contributed by atoms with Crippen LogP contribution in [0.1, 0.15) is 76.7 Å². The van der Waals surface area contributed by atoms with Crippen molar-refractivity contribution in [3.8, 4) is 5.75 Å². The summed E-state index contributed by atoms with van der Waals surface area (Å²) in [5.41, 5.74) is 0.427. The zero-order valence-electron chi connectivity index (χ0n) is 16.1. The molecule has 2 fully saturated rings. The molecule has 1 aromatic rings. The Bertz CT molecular complexity index is 574. The van der Waals surface area contributed by atoms with Crippen molar-refractivity contribution < 1.29 is 18.3 Å². The van der Waals surface area contributed by atoms with E-state index in [4.69, 9.17) is 9.47 Å². The highest BCUT2D eigenvalue weighted by Crippen LogP contribution is 2.40. The first kappa shape index (κ1) is 19.6. The van der Waals surface area contributed by atoms with E-state index >= 15 is 0 Å². The summed E-state index contributed by atoms with van der Waals surface area (Å²) in [7, 11) is 0. The van der Waals surface area contributed by atoms with E-state index in [0.29, 0.717) is 30.8 Å². The quantitative estimate of drug-likeness (QED) is 0.594. The van der Waals surface area contributed by atoms with Crippen molar-refractivity contribution >= 4 is 0 Å². The molecular formula is C22H32F2O2. The minimum Gasteiger partial charge on any atom is -0.491 e. The molecule has 4 heteroatoms. The third kappa shape index (κ3) is 4.39. The maximum absolute atomic E-state index is 14.4. The SMILES string of the molecule is CCC[C@H]1CC[C@H](C2CCC(c3ccc(OCC)c(F)c3F)CO2)CC1. The zero-order valence-corrected chi connectivity index (χ0v) is 16.1. The van der Waals surface area contributed by atoms with Crippen LogP contribution in [0.5, 0.6) is 5.75 Å². The molecule has 0 amide bonds. The molecule has 146 valence electrons. The van der Waals surface area contributed by atoms with Crippen LogP contribution in [0.2, 0.25) is 0 Å². The van der Waals surface area contributed by atoms with Gasteiger partial charge in [-0.1, -0.05) is 38.7 Å². The van der Waals surface area contributed by atoms with Gasteiger partial charge in [0.25, 0.3) is 0 Å². The minimum absolute atomic E-state index is 0.00723. The summed E-state index contributed by atoms with van der Waals surface area (Å²) in [5.74, 6) is -0.177. The van der Waals surface area contributed by atoms with E-state index in [0.717, 1.165) is 18.8 Å². The second-order valence-corrected chi connectivity index (χ2v) is 7.93. The first-order valence-electron chi connectivity index (χ1n) is 10.4. The van der Waals surface area contributed by atoms with Crippen LogP contribution < -0.4 is 4.74 Å². The van der Waals surface area contributed by atoms with Crippen LogP contribution >= 0.6 is 0 Å². The molecule has 1 heterocycles. The van der Waals surface area contributed by atoms with Gasteiger partial charge in [-0.3, -0.25) is 0 Å². The van der Waals surface area contributed by atoms with Crippen molar-refractivity contribution in [1.82, 2.24) is 0 Å². The van der Waals surface area contributed by atoms with Gasteiger partial charge in [0.15, 0.2) is 11.6 Å². The van der Waals surface area contributed by atoms with Crippen LogP contribution in [0.3, 0.4) is 0 Å². The predicted molar refractivity (Wildman–Crippen MR) is 99.6 cm³/mol. The Morgan fingerprint density at radius 2 is 1.77 bits per heavy atom. The molecule has 2 atom stereocenters. The van der Waals surface area contributed by atoms with Crippen molar-refractivity contribution in [2.75, 3.05) is 13.2 Å². The Balaban J connectivity index is 1.55. The smallest absolute Gasteiger partial charge is 0.200 e. The summed E-state index contributed by atoms with van der Waals surface area (Å²) >= 11 is 0. The summed E-state index contributed by atoms with van der Waals surface area (Å²) in [6, 6.07) is 3.20. The Hall–Kier alpha value is -1.16. The van der Waals surface area contributed by atoms with E-state index < -0.39 is 11.6 Å². The van der Waals surface area contributed by atoms with Gasteiger partial charge in [0.2, 0.25) is 5.82 Å². The molecule has 2 aliphatic rings. The molecule has 1 aliphatic heterocycles. The molecule has 0 spiro atoms. The lowest BCUT2D eigenvalue weighted by Gasteiger charge is -2.38. The third-order valence-electron chi connectivity index (χ3n) is 6.24. The maximum atomic E-state index is 14.4. The zero-order chi connectivity index (χ0) is 18.5. The lowest BCUT2D eigenvalue weighted by Crippen LogP contribution is -2.33. The largest absolute Gasteiger partial charge is 0.491 e. The fourth-order valence-corrected chi connectivity index (χ4v) is 4.77. The van der Waals surface area contributed by atoms with Gasteiger partial charge < -0.3 is 9.47 Å². The lowest BCUT2D eigenvalue weighted by atomic mass is 9.75. The van der Waals surface area contributed by atoms with Gasteiger partial charge in [0.1, 0.15) is 0 Å². The molecule has 0 aromatic heterocycles. The van der Waals surface area contributed by atoms with Crippen LogP contribution in [-0.2, 0) is 4.74 Å². The number of hydrogen-bond acceptors (Lipinski definition) is 2. The average molecular weight is 366 g/mol. The van der Waals surface area contributed by atoms with Crippen LogP contribution in [-0.4, -0.2) is 19.3 Å². The summed E-state index contributed by atoms with van der Waals surface area (Å²) in [6.45, 7) is 4.84.